The van der Waals surface area contributed by atoms with Gasteiger partial charge in [-0.1, -0.05) is 5.16 Å². The Labute approximate surface area is 163 Å². The van der Waals surface area contributed by atoms with E-state index < -0.39 is 0 Å². The summed E-state index contributed by atoms with van der Waals surface area (Å²) in [5.74, 6) is 1.56. The Balaban J connectivity index is 0.00000225. The lowest BCUT2D eigenvalue weighted by Gasteiger charge is -2.21. The predicted molar refractivity (Wildman–Crippen MR) is 105 cm³/mol. The molecule has 25 heavy (non-hydrogen) atoms. The minimum Gasteiger partial charge on any atom is -0.364 e. The van der Waals surface area contributed by atoms with Crippen molar-refractivity contribution >= 4 is 29.9 Å². The molecule has 3 rings (SSSR count). The van der Waals surface area contributed by atoms with Gasteiger partial charge in [-0.25, -0.2) is 9.67 Å². The second kappa shape index (κ2) is 9.16. The lowest BCUT2D eigenvalue weighted by atomic mass is 10.2. The van der Waals surface area contributed by atoms with Gasteiger partial charge in [0.05, 0.1) is 6.54 Å². The molecule has 0 amide bonds. The van der Waals surface area contributed by atoms with Crippen molar-refractivity contribution in [2.45, 2.75) is 13.1 Å². The highest BCUT2D eigenvalue weighted by Gasteiger charge is 2.08. The third-order valence-corrected chi connectivity index (χ3v) is 3.46. The van der Waals surface area contributed by atoms with Gasteiger partial charge in [-0.15, -0.1) is 24.0 Å². The van der Waals surface area contributed by atoms with E-state index in [4.69, 9.17) is 4.52 Å². The normalized spacial score (nSPS) is 11.0. The van der Waals surface area contributed by atoms with Crippen molar-refractivity contribution in [3.8, 4) is 5.82 Å². The summed E-state index contributed by atoms with van der Waals surface area (Å²) >= 11 is 0. The number of hydrogen-bond acceptors (Lipinski definition) is 5. The van der Waals surface area contributed by atoms with Crippen molar-refractivity contribution < 1.29 is 4.52 Å². The monoisotopic (exact) mass is 453 g/mol. The van der Waals surface area contributed by atoms with E-state index in [1.807, 2.05) is 42.4 Å². The van der Waals surface area contributed by atoms with Crippen molar-refractivity contribution in [3.63, 3.8) is 0 Å². The number of rotatable bonds is 5. The van der Waals surface area contributed by atoms with Crippen LogP contribution in [0.15, 0.2) is 58.6 Å². The van der Waals surface area contributed by atoms with E-state index in [1.54, 1.807) is 30.4 Å². The zero-order valence-electron chi connectivity index (χ0n) is 14.0. The maximum absolute atomic E-state index is 4.85. The summed E-state index contributed by atoms with van der Waals surface area (Å²) in [6, 6.07) is 7.66. The molecule has 132 valence electrons. The van der Waals surface area contributed by atoms with Crippen molar-refractivity contribution in [1.29, 1.82) is 0 Å². The highest BCUT2D eigenvalue weighted by molar-refractivity contribution is 14.0. The fraction of sp³-hybridized carbons (Fsp3) is 0.250. The molecule has 9 heteroatoms. The van der Waals surface area contributed by atoms with Gasteiger partial charge in [0.25, 0.3) is 0 Å². The smallest absolute Gasteiger partial charge is 0.194 e. The van der Waals surface area contributed by atoms with E-state index >= 15 is 0 Å². The molecule has 3 aromatic heterocycles. The minimum atomic E-state index is 0. The van der Waals surface area contributed by atoms with Crippen LogP contribution in [0.25, 0.3) is 5.82 Å². The number of pyridine rings is 1. The summed E-state index contributed by atoms with van der Waals surface area (Å²) in [5, 5.41) is 11.4. The first-order chi connectivity index (χ1) is 11.8. The van der Waals surface area contributed by atoms with Gasteiger partial charge in [0.1, 0.15) is 12.0 Å². The molecule has 0 saturated carbocycles. The molecule has 3 heterocycles. The van der Waals surface area contributed by atoms with Crippen molar-refractivity contribution in [2.24, 2.45) is 4.99 Å². The number of hydrogen-bond donors (Lipinski definition) is 1. The number of nitrogens with zero attached hydrogens (tertiary/aromatic N) is 6. The lowest BCUT2D eigenvalue weighted by molar-refractivity contribution is 0.391. The Morgan fingerprint density at radius 2 is 2.24 bits per heavy atom. The van der Waals surface area contributed by atoms with Gasteiger partial charge in [0.2, 0.25) is 0 Å². The van der Waals surface area contributed by atoms with Gasteiger partial charge in [-0.2, -0.15) is 5.10 Å². The molecule has 0 spiro atoms. The van der Waals surface area contributed by atoms with Gasteiger partial charge in [-0.05, 0) is 23.8 Å². The van der Waals surface area contributed by atoms with Crippen molar-refractivity contribution in [1.82, 2.24) is 30.1 Å². The molecule has 0 aliphatic rings. The van der Waals surface area contributed by atoms with Gasteiger partial charge >= 0.3 is 0 Å². The highest BCUT2D eigenvalue weighted by Crippen LogP contribution is 2.06. The molecule has 0 aromatic carbocycles. The Hall–Kier alpha value is -2.43. The standard InChI is InChI=1S/C16H19N7O.HI/c1-17-16(22(2)12-14-5-9-24-21-14)19-11-13-4-7-18-15(10-13)23-8-3-6-20-23;/h3-10H,11-12H2,1-2H3,(H,17,19);1H. The third-order valence-electron chi connectivity index (χ3n) is 3.46. The Kier molecular flexibility index (Phi) is 6.92. The molecule has 0 fully saturated rings. The SMILES string of the molecule is CN=C(NCc1ccnc(-n2cccn2)c1)N(C)Cc1ccon1.I. The quantitative estimate of drug-likeness (QED) is 0.362. The summed E-state index contributed by atoms with van der Waals surface area (Å²) in [5.41, 5.74) is 1.94. The first-order valence-electron chi connectivity index (χ1n) is 7.52. The zero-order chi connectivity index (χ0) is 16.8. The van der Waals surface area contributed by atoms with Gasteiger partial charge in [0.15, 0.2) is 11.8 Å². The van der Waals surface area contributed by atoms with Crippen LogP contribution in [0.4, 0.5) is 0 Å². The summed E-state index contributed by atoms with van der Waals surface area (Å²) in [6.45, 7) is 1.25. The minimum absolute atomic E-state index is 0. The Bertz CT molecular complexity index is 787. The van der Waals surface area contributed by atoms with Crippen LogP contribution in [-0.2, 0) is 13.1 Å². The fourth-order valence-corrected chi connectivity index (χ4v) is 2.30. The van der Waals surface area contributed by atoms with Crippen LogP contribution >= 0.6 is 24.0 Å². The summed E-state index contributed by atoms with van der Waals surface area (Å²) in [7, 11) is 3.70. The second-order valence-electron chi connectivity index (χ2n) is 5.22. The zero-order valence-corrected chi connectivity index (χ0v) is 16.4. The maximum Gasteiger partial charge on any atom is 0.194 e. The third kappa shape index (κ3) is 5.02. The molecule has 0 bridgehead atoms. The molecule has 8 nitrogen and oxygen atoms in total. The molecule has 0 unspecified atom stereocenters. The average molecular weight is 453 g/mol. The molecule has 1 N–H and O–H groups in total. The van der Waals surface area contributed by atoms with Crippen LogP contribution in [-0.4, -0.2) is 44.9 Å². The maximum atomic E-state index is 4.85. The number of aromatic nitrogens is 4. The number of nitrogens with one attached hydrogen (secondary N) is 1. The molecular weight excluding hydrogens is 433 g/mol. The largest absolute Gasteiger partial charge is 0.364 e. The number of aliphatic imine (C=N–C) groups is 1. The molecule has 0 atom stereocenters. The highest BCUT2D eigenvalue weighted by atomic mass is 127. The molecular formula is C16H20IN7O. The van der Waals surface area contributed by atoms with E-state index in [0.29, 0.717) is 13.1 Å². The predicted octanol–water partition coefficient (Wildman–Crippen LogP) is 2.08. The van der Waals surface area contributed by atoms with Crippen LogP contribution < -0.4 is 5.32 Å². The van der Waals surface area contributed by atoms with Crippen LogP contribution in [0.5, 0.6) is 0 Å². The van der Waals surface area contributed by atoms with Gasteiger partial charge in [-0.3, -0.25) is 4.99 Å². The molecule has 0 aliphatic carbocycles. The van der Waals surface area contributed by atoms with Gasteiger partial charge in [0, 0.05) is 45.3 Å². The van der Waals surface area contributed by atoms with E-state index in [0.717, 1.165) is 23.0 Å². The first-order valence-corrected chi connectivity index (χ1v) is 7.52. The second-order valence-corrected chi connectivity index (χ2v) is 5.22. The summed E-state index contributed by atoms with van der Waals surface area (Å²) in [4.78, 5) is 10.6. The van der Waals surface area contributed by atoms with E-state index in [2.05, 4.69) is 25.5 Å². The molecule has 3 aromatic rings. The topological polar surface area (TPSA) is 84.4 Å². The van der Waals surface area contributed by atoms with E-state index in [-0.39, 0.29) is 24.0 Å². The number of guanidine groups is 1. The summed E-state index contributed by atoms with van der Waals surface area (Å²) in [6.07, 6.45) is 6.93. The Morgan fingerprint density at radius 3 is 2.92 bits per heavy atom. The van der Waals surface area contributed by atoms with Crippen LogP contribution in [0.3, 0.4) is 0 Å². The molecule has 0 aliphatic heterocycles. The van der Waals surface area contributed by atoms with Crippen LogP contribution in [0, 0.1) is 0 Å². The number of halogens is 1. The van der Waals surface area contributed by atoms with E-state index in [9.17, 15) is 0 Å². The Morgan fingerprint density at radius 1 is 1.36 bits per heavy atom. The van der Waals surface area contributed by atoms with Crippen LogP contribution in [0.1, 0.15) is 11.3 Å². The average Bonchev–Trinajstić information content (AvgIpc) is 3.29. The fourth-order valence-electron chi connectivity index (χ4n) is 2.30. The van der Waals surface area contributed by atoms with Crippen LogP contribution in [0.2, 0.25) is 0 Å². The van der Waals surface area contributed by atoms with Crippen molar-refractivity contribution in [3.05, 3.63) is 60.4 Å². The first kappa shape index (κ1) is 18.9. The lowest BCUT2D eigenvalue weighted by Crippen LogP contribution is -2.38. The summed E-state index contributed by atoms with van der Waals surface area (Å²) < 4.78 is 6.59. The molecule has 0 saturated heterocycles. The van der Waals surface area contributed by atoms with Crippen molar-refractivity contribution in [2.75, 3.05) is 14.1 Å². The molecule has 0 radical (unpaired) electrons. The van der Waals surface area contributed by atoms with E-state index in [1.165, 1.54) is 0 Å². The van der Waals surface area contributed by atoms with Gasteiger partial charge < -0.3 is 14.7 Å².